The van der Waals surface area contributed by atoms with Gasteiger partial charge in [0, 0.05) is 18.6 Å². The van der Waals surface area contributed by atoms with Crippen molar-refractivity contribution in [2.24, 2.45) is 0 Å². The molecule has 0 aromatic heterocycles. The third-order valence-electron chi connectivity index (χ3n) is 3.04. The first-order valence-corrected chi connectivity index (χ1v) is 7.73. The highest BCUT2D eigenvalue weighted by atomic mass is 32.2. The van der Waals surface area contributed by atoms with E-state index in [-0.39, 0.29) is 17.9 Å². The van der Waals surface area contributed by atoms with Gasteiger partial charge in [0.05, 0.1) is 0 Å². The van der Waals surface area contributed by atoms with Crippen LogP contribution in [-0.2, 0) is 14.9 Å². The van der Waals surface area contributed by atoms with Crippen LogP contribution in [0.4, 0.5) is 13.2 Å². The van der Waals surface area contributed by atoms with Crippen LogP contribution in [-0.4, -0.2) is 27.8 Å². The molecule has 0 aliphatic carbocycles. The Bertz CT molecular complexity index is 815. The highest BCUT2D eigenvalue weighted by Crippen LogP contribution is 2.38. The molecular weight excluding hydrogens is 337 g/mol. The maximum atomic E-state index is 12.5. The minimum absolute atomic E-state index is 0.148. The van der Waals surface area contributed by atoms with Gasteiger partial charge in [0.25, 0.3) is 0 Å². The lowest BCUT2D eigenvalue weighted by Gasteiger charge is -2.16. The van der Waals surface area contributed by atoms with Crippen LogP contribution >= 0.6 is 0 Å². The van der Waals surface area contributed by atoms with E-state index in [0.29, 0.717) is 10.9 Å². The summed E-state index contributed by atoms with van der Waals surface area (Å²) in [4.78, 5) is 0. The molecule has 0 spiro atoms. The molecule has 0 saturated heterocycles. The number of aryl methyl sites for hydroxylation is 1. The standard InChI is InChI=1S/C14H13F3O5S/c1-9-10-5-3-4-6-11(10)13(7-12(9)21-8-20-2)22-23(18,19)14(15,16)17/h3-7H,8H2,1-2H3. The average molecular weight is 350 g/mol. The normalized spacial score (nSPS) is 12.4. The summed E-state index contributed by atoms with van der Waals surface area (Å²) in [5.41, 5.74) is -4.90. The summed E-state index contributed by atoms with van der Waals surface area (Å²) in [5.74, 6) is -0.299. The van der Waals surface area contributed by atoms with Crippen LogP contribution in [0.1, 0.15) is 5.56 Å². The molecule has 0 radical (unpaired) electrons. The molecule has 0 heterocycles. The van der Waals surface area contributed by atoms with Gasteiger partial charge in [-0.3, -0.25) is 0 Å². The van der Waals surface area contributed by atoms with Crippen molar-refractivity contribution in [3.63, 3.8) is 0 Å². The van der Waals surface area contributed by atoms with Crippen molar-refractivity contribution in [2.45, 2.75) is 12.4 Å². The van der Waals surface area contributed by atoms with E-state index in [1.165, 1.54) is 13.2 Å². The molecule has 0 N–H and O–H groups in total. The zero-order valence-corrected chi connectivity index (χ0v) is 13.0. The Labute approximate surface area is 130 Å². The number of ether oxygens (including phenoxy) is 2. The Balaban J connectivity index is 2.61. The van der Waals surface area contributed by atoms with Crippen LogP contribution in [0.25, 0.3) is 10.8 Å². The Kier molecular flexibility index (Phi) is 4.71. The van der Waals surface area contributed by atoms with E-state index in [4.69, 9.17) is 9.47 Å². The summed E-state index contributed by atoms with van der Waals surface area (Å²) in [5, 5.41) is 0.732. The number of methoxy groups -OCH3 is 1. The predicted molar refractivity (Wildman–Crippen MR) is 76.8 cm³/mol. The first-order valence-electron chi connectivity index (χ1n) is 6.32. The number of halogens is 3. The van der Waals surface area contributed by atoms with E-state index in [1.54, 1.807) is 25.1 Å². The zero-order valence-electron chi connectivity index (χ0n) is 12.2. The number of rotatable bonds is 5. The van der Waals surface area contributed by atoms with Crippen LogP contribution in [0.15, 0.2) is 30.3 Å². The fourth-order valence-electron chi connectivity index (χ4n) is 1.97. The lowest BCUT2D eigenvalue weighted by molar-refractivity contribution is -0.0499. The van der Waals surface area contributed by atoms with Crippen LogP contribution < -0.4 is 8.92 Å². The summed E-state index contributed by atoms with van der Waals surface area (Å²) >= 11 is 0. The van der Waals surface area contributed by atoms with E-state index in [2.05, 4.69) is 4.18 Å². The largest absolute Gasteiger partial charge is 0.534 e. The molecular formula is C14H13F3O5S. The average Bonchev–Trinajstić information content (AvgIpc) is 2.47. The highest BCUT2D eigenvalue weighted by Gasteiger charge is 2.48. The topological polar surface area (TPSA) is 61.8 Å². The molecule has 126 valence electrons. The maximum absolute atomic E-state index is 12.5. The molecule has 0 saturated carbocycles. The molecule has 2 aromatic carbocycles. The van der Waals surface area contributed by atoms with E-state index in [1.807, 2.05) is 0 Å². The summed E-state index contributed by atoms with van der Waals surface area (Å²) in [7, 11) is -4.40. The third-order valence-corrected chi connectivity index (χ3v) is 4.01. The Morgan fingerprint density at radius 2 is 1.70 bits per heavy atom. The van der Waals surface area contributed by atoms with Gasteiger partial charge in [0.15, 0.2) is 12.5 Å². The van der Waals surface area contributed by atoms with E-state index < -0.39 is 21.4 Å². The fourth-order valence-corrected chi connectivity index (χ4v) is 2.44. The number of fused-ring (bicyclic) bond motifs is 1. The summed E-state index contributed by atoms with van der Waals surface area (Å²) in [6.45, 7) is 1.54. The minimum Gasteiger partial charge on any atom is -0.467 e. The van der Waals surface area contributed by atoms with Crippen molar-refractivity contribution in [3.05, 3.63) is 35.9 Å². The number of hydrogen-bond acceptors (Lipinski definition) is 5. The van der Waals surface area contributed by atoms with Crippen LogP contribution in [0.5, 0.6) is 11.5 Å². The molecule has 0 aliphatic rings. The number of benzene rings is 2. The second-order valence-electron chi connectivity index (χ2n) is 4.58. The van der Waals surface area contributed by atoms with Gasteiger partial charge in [-0.05, 0) is 17.9 Å². The quantitative estimate of drug-likeness (QED) is 0.470. The smallest absolute Gasteiger partial charge is 0.467 e. The van der Waals surface area contributed by atoms with Crippen LogP contribution in [0.3, 0.4) is 0 Å². The molecule has 9 heteroatoms. The molecule has 0 unspecified atom stereocenters. The van der Waals surface area contributed by atoms with Gasteiger partial charge in [0.1, 0.15) is 5.75 Å². The summed E-state index contributed by atoms with van der Waals surface area (Å²) < 4.78 is 74.4. The zero-order chi connectivity index (χ0) is 17.3. The Morgan fingerprint density at radius 1 is 1.09 bits per heavy atom. The fraction of sp³-hybridized carbons (Fsp3) is 0.286. The predicted octanol–water partition coefficient (Wildman–Crippen LogP) is 3.36. The van der Waals surface area contributed by atoms with Gasteiger partial charge < -0.3 is 13.7 Å². The van der Waals surface area contributed by atoms with Crippen molar-refractivity contribution in [2.75, 3.05) is 13.9 Å². The molecule has 0 fully saturated rings. The van der Waals surface area contributed by atoms with Crippen LogP contribution in [0.2, 0.25) is 0 Å². The molecule has 5 nitrogen and oxygen atoms in total. The molecule has 0 atom stereocenters. The van der Waals surface area contributed by atoms with Gasteiger partial charge in [0.2, 0.25) is 0 Å². The first kappa shape index (κ1) is 17.4. The molecule has 2 rings (SSSR count). The monoisotopic (exact) mass is 350 g/mol. The van der Waals surface area contributed by atoms with Gasteiger partial charge in [-0.15, -0.1) is 0 Å². The van der Waals surface area contributed by atoms with Crippen molar-refractivity contribution < 1.29 is 35.2 Å². The second-order valence-corrected chi connectivity index (χ2v) is 6.12. The summed E-state index contributed by atoms with van der Waals surface area (Å²) in [6.07, 6.45) is 0. The van der Waals surface area contributed by atoms with Gasteiger partial charge in [-0.25, -0.2) is 0 Å². The molecule has 0 bridgehead atoms. The van der Waals surface area contributed by atoms with E-state index >= 15 is 0 Å². The van der Waals surface area contributed by atoms with Gasteiger partial charge >= 0.3 is 15.6 Å². The minimum atomic E-state index is -5.78. The molecule has 0 aliphatic heterocycles. The lowest BCUT2D eigenvalue weighted by Crippen LogP contribution is -2.28. The molecule has 0 amide bonds. The highest BCUT2D eigenvalue weighted by molar-refractivity contribution is 7.88. The third kappa shape index (κ3) is 3.50. The Hall–Kier alpha value is -2.00. The van der Waals surface area contributed by atoms with Gasteiger partial charge in [-0.1, -0.05) is 24.3 Å². The number of hydrogen-bond donors (Lipinski definition) is 0. The van der Waals surface area contributed by atoms with Crippen molar-refractivity contribution >= 4 is 20.9 Å². The summed E-state index contributed by atoms with van der Waals surface area (Å²) in [6, 6.07) is 7.41. The van der Waals surface area contributed by atoms with Crippen molar-refractivity contribution in [1.29, 1.82) is 0 Å². The maximum Gasteiger partial charge on any atom is 0.534 e. The van der Waals surface area contributed by atoms with Crippen LogP contribution in [0, 0.1) is 6.92 Å². The lowest BCUT2D eigenvalue weighted by atomic mass is 10.0. The van der Waals surface area contributed by atoms with E-state index in [0.717, 1.165) is 6.07 Å². The SMILES string of the molecule is COCOc1cc(OS(=O)(=O)C(F)(F)F)c2ccccc2c1C. The van der Waals surface area contributed by atoms with Crippen molar-refractivity contribution in [3.8, 4) is 11.5 Å². The second kappa shape index (κ2) is 6.25. The number of alkyl halides is 3. The van der Waals surface area contributed by atoms with Gasteiger partial charge in [-0.2, -0.15) is 21.6 Å². The molecule has 23 heavy (non-hydrogen) atoms. The molecule has 2 aromatic rings. The van der Waals surface area contributed by atoms with Crippen molar-refractivity contribution in [1.82, 2.24) is 0 Å². The van der Waals surface area contributed by atoms with E-state index in [9.17, 15) is 21.6 Å². The first-order chi connectivity index (χ1) is 10.7. The Morgan fingerprint density at radius 3 is 2.26 bits per heavy atom.